The maximum Gasteiger partial charge on any atom is 0.311 e. The van der Waals surface area contributed by atoms with Crippen molar-refractivity contribution in [2.24, 2.45) is 11.8 Å². The molecule has 6 heteroatoms. The van der Waals surface area contributed by atoms with Crippen molar-refractivity contribution in [3.8, 4) is 5.75 Å². The third kappa shape index (κ3) is 7.26. The highest BCUT2D eigenvalue weighted by atomic mass is 35.5. The number of ether oxygens (including phenoxy) is 2. The van der Waals surface area contributed by atoms with Crippen LogP contribution >= 0.6 is 12.4 Å². The van der Waals surface area contributed by atoms with Crippen molar-refractivity contribution >= 4 is 18.4 Å². The zero-order valence-corrected chi connectivity index (χ0v) is 18.4. The van der Waals surface area contributed by atoms with Gasteiger partial charge in [-0.3, -0.25) is 4.79 Å². The zero-order chi connectivity index (χ0) is 19.9. The molecular weight excluding hydrogens is 378 g/mol. The van der Waals surface area contributed by atoms with E-state index in [1.165, 1.54) is 19.1 Å². The van der Waals surface area contributed by atoms with Gasteiger partial charge in [-0.25, -0.2) is 0 Å². The molecule has 2 rings (SSSR count). The molecule has 2 N–H and O–H groups in total. The lowest BCUT2D eigenvalue weighted by Gasteiger charge is -2.34. The minimum atomic E-state index is -0.740. The Labute approximate surface area is 175 Å². The van der Waals surface area contributed by atoms with Crippen molar-refractivity contribution in [2.75, 3.05) is 20.8 Å². The number of rotatable bonds is 9. The molecule has 0 aliphatic heterocycles. The lowest BCUT2D eigenvalue weighted by molar-refractivity contribution is -0.153. The number of aliphatic hydroxyl groups excluding tert-OH is 1. The quantitative estimate of drug-likeness (QED) is 0.603. The smallest absolute Gasteiger partial charge is 0.311 e. The fraction of sp³-hybridized carbons (Fsp3) is 0.682. The van der Waals surface area contributed by atoms with Crippen LogP contribution in [0.1, 0.15) is 51.5 Å². The second kappa shape index (κ2) is 11.6. The molecule has 2 unspecified atom stereocenters. The van der Waals surface area contributed by atoms with E-state index in [-0.39, 0.29) is 29.8 Å². The summed E-state index contributed by atoms with van der Waals surface area (Å²) in [5, 5.41) is 14.2. The molecule has 1 aliphatic rings. The monoisotopic (exact) mass is 413 g/mol. The predicted octanol–water partition coefficient (Wildman–Crippen LogP) is 3.76. The summed E-state index contributed by atoms with van der Waals surface area (Å²) in [4.78, 5) is 12.3. The first-order valence-electron chi connectivity index (χ1n) is 10.00. The van der Waals surface area contributed by atoms with Crippen molar-refractivity contribution in [1.29, 1.82) is 0 Å². The topological polar surface area (TPSA) is 67.8 Å². The van der Waals surface area contributed by atoms with Crippen LogP contribution in [0.3, 0.4) is 0 Å². The molecule has 0 bridgehead atoms. The third-order valence-electron chi connectivity index (χ3n) is 5.64. The fourth-order valence-corrected chi connectivity index (χ4v) is 4.12. The number of carbonyl (C=O) groups excluding carboxylic acids is 1. The Hall–Kier alpha value is -1.30. The van der Waals surface area contributed by atoms with E-state index in [2.05, 4.69) is 31.3 Å². The average Bonchev–Trinajstić information content (AvgIpc) is 2.67. The highest BCUT2D eigenvalue weighted by Gasteiger charge is 2.36. The van der Waals surface area contributed by atoms with Crippen molar-refractivity contribution < 1.29 is 19.4 Å². The van der Waals surface area contributed by atoms with E-state index in [1.54, 1.807) is 7.11 Å². The van der Waals surface area contributed by atoms with Gasteiger partial charge in [-0.2, -0.15) is 0 Å². The Kier molecular flexibility index (Phi) is 10.3. The number of hydrogen-bond acceptors (Lipinski definition) is 5. The predicted molar refractivity (Wildman–Crippen MR) is 114 cm³/mol. The van der Waals surface area contributed by atoms with Gasteiger partial charge in [0.25, 0.3) is 0 Å². The summed E-state index contributed by atoms with van der Waals surface area (Å²) in [5.74, 6) is 0.324. The molecule has 28 heavy (non-hydrogen) atoms. The molecule has 0 amide bonds. The number of carbonyl (C=O) groups is 1. The second-order valence-corrected chi connectivity index (χ2v) is 8.30. The molecule has 0 saturated heterocycles. The second-order valence-electron chi connectivity index (χ2n) is 8.30. The number of benzene rings is 1. The van der Waals surface area contributed by atoms with Gasteiger partial charge >= 0.3 is 5.97 Å². The zero-order valence-electron chi connectivity index (χ0n) is 17.6. The number of methoxy groups -OCH3 is 2. The fourth-order valence-electron chi connectivity index (χ4n) is 4.12. The summed E-state index contributed by atoms with van der Waals surface area (Å²) in [7, 11) is 3.07. The number of esters is 1. The van der Waals surface area contributed by atoms with Gasteiger partial charge in [-0.15, -0.1) is 12.4 Å². The molecule has 1 fully saturated rings. The molecule has 0 spiro atoms. The van der Waals surface area contributed by atoms with E-state index >= 15 is 0 Å². The van der Waals surface area contributed by atoms with Crippen LogP contribution in [-0.2, 0) is 16.0 Å². The Morgan fingerprint density at radius 3 is 2.32 bits per heavy atom. The van der Waals surface area contributed by atoms with Crippen LogP contribution in [0.2, 0.25) is 0 Å². The van der Waals surface area contributed by atoms with Crippen LogP contribution in [-0.4, -0.2) is 43.5 Å². The standard InChI is InChI=1S/C22H35NO4.ClH/c1-22(2,14-16-10-12-18(26-3)13-11-16)23-15-19(24)20(21(25)27-4)17-8-6-5-7-9-17;/h10-13,17,19-20,23-24H,5-9,14-15H2,1-4H3;1H. The van der Waals surface area contributed by atoms with E-state index in [1.807, 2.05) is 12.1 Å². The first kappa shape index (κ1) is 24.7. The highest BCUT2D eigenvalue weighted by molar-refractivity contribution is 5.85. The summed E-state index contributed by atoms with van der Waals surface area (Å²) < 4.78 is 10.2. The molecule has 0 aromatic heterocycles. The Balaban J connectivity index is 0.00000392. The first-order valence-corrected chi connectivity index (χ1v) is 10.00. The minimum absolute atomic E-state index is 0. The number of nitrogens with one attached hydrogen (secondary N) is 1. The average molecular weight is 414 g/mol. The van der Waals surface area contributed by atoms with E-state index in [9.17, 15) is 9.90 Å². The molecule has 0 radical (unpaired) electrons. The number of halogens is 1. The summed E-state index contributed by atoms with van der Waals surface area (Å²) in [6.45, 7) is 4.59. The maximum absolute atomic E-state index is 12.3. The normalized spacial score (nSPS) is 17.3. The summed E-state index contributed by atoms with van der Waals surface area (Å²) in [6.07, 6.45) is 5.53. The molecule has 1 aromatic rings. The van der Waals surface area contributed by atoms with Gasteiger partial charge in [0.1, 0.15) is 5.75 Å². The van der Waals surface area contributed by atoms with Crippen LogP contribution < -0.4 is 10.1 Å². The third-order valence-corrected chi connectivity index (χ3v) is 5.64. The van der Waals surface area contributed by atoms with Crippen LogP contribution in [0.4, 0.5) is 0 Å². The number of aliphatic hydroxyl groups is 1. The van der Waals surface area contributed by atoms with Gasteiger partial charge in [-0.1, -0.05) is 31.4 Å². The molecule has 5 nitrogen and oxygen atoms in total. The van der Waals surface area contributed by atoms with Crippen molar-refractivity contribution in [2.45, 2.75) is 64.0 Å². The minimum Gasteiger partial charge on any atom is -0.497 e. The Morgan fingerprint density at radius 2 is 1.79 bits per heavy atom. The SMILES string of the molecule is COC(=O)C(C(O)CNC(C)(C)Cc1ccc(OC)cc1)C1CCCCC1.Cl. The van der Waals surface area contributed by atoms with Crippen LogP contribution in [0.25, 0.3) is 0 Å². The van der Waals surface area contributed by atoms with Crippen molar-refractivity contribution in [3.05, 3.63) is 29.8 Å². The molecule has 1 saturated carbocycles. The first-order chi connectivity index (χ1) is 12.9. The molecule has 0 heterocycles. The van der Waals surface area contributed by atoms with Gasteiger partial charge in [0, 0.05) is 12.1 Å². The van der Waals surface area contributed by atoms with E-state index in [0.29, 0.717) is 6.54 Å². The summed E-state index contributed by atoms with van der Waals surface area (Å²) >= 11 is 0. The van der Waals surface area contributed by atoms with E-state index in [0.717, 1.165) is 37.9 Å². The summed E-state index contributed by atoms with van der Waals surface area (Å²) in [5.41, 5.74) is 0.989. The molecule has 1 aliphatic carbocycles. The molecule has 2 atom stereocenters. The van der Waals surface area contributed by atoms with Gasteiger partial charge < -0.3 is 19.9 Å². The Bertz CT molecular complexity index is 585. The van der Waals surface area contributed by atoms with Gasteiger partial charge in [0.05, 0.1) is 26.2 Å². The van der Waals surface area contributed by atoms with Crippen LogP contribution in [0.5, 0.6) is 5.75 Å². The Morgan fingerprint density at radius 1 is 1.18 bits per heavy atom. The van der Waals surface area contributed by atoms with Gasteiger partial charge in [0.15, 0.2) is 0 Å². The number of hydrogen-bond donors (Lipinski definition) is 2. The van der Waals surface area contributed by atoms with Crippen molar-refractivity contribution in [3.63, 3.8) is 0 Å². The molecular formula is C22H36ClNO4. The van der Waals surface area contributed by atoms with Crippen LogP contribution in [0.15, 0.2) is 24.3 Å². The molecule has 160 valence electrons. The van der Waals surface area contributed by atoms with Gasteiger partial charge in [0.2, 0.25) is 0 Å². The number of β-amino-alcohol motifs (C(OH)–C–C–N with tert-alkyl or cyclic N) is 1. The van der Waals surface area contributed by atoms with E-state index < -0.39 is 12.0 Å². The van der Waals surface area contributed by atoms with E-state index in [4.69, 9.17) is 9.47 Å². The van der Waals surface area contributed by atoms with Crippen LogP contribution in [0, 0.1) is 11.8 Å². The largest absolute Gasteiger partial charge is 0.497 e. The lowest BCUT2D eigenvalue weighted by Crippen LogP contribution is -2.49. The lowest BCUT2D eigenvalue weighted by atomic mass is 9.77. The molecule has 1 aromatic carbocycles. The van der Waals surface area contributed by atoms with Gasteiger partial charge in [-0.05, 0) is 56.7 Å². The van der Waals surface area contributed by atoms with Crippen molar-refractivity contribution in [1.82, 2.24) is 5.32 Å². The maximum atomic E-state index is 12.3. The highest BCUT2D eigenvalue weighted by Crippen LogP contribution is 2.32. The summed E-state index contributed by atoms with van der Waals surface area (Å²) in [6, 6.07) is 8.02.